The van der Waals surface area contributed by atoms with E-state index in [2.05, 4.69) is 16.0 Å². The van der Waals surface area contributed by atoms with Crippen molar-refractivity contribution in [2.24, 2.45) is 0 Å². The summed E-state index contributed by atoms with van der Waals surface area (Å²) in [5.74, 6) is -8.69. The summed E-state index contributed by atoms with van der Waals surface area (Å²) in [5.41, 5.74) is -0.973. The third-order valence-electron chi connectivity index (χ3n) is 7.34. The molecular weight excluding hydrogens is 678 g/mol. The highest BCUT2D eigenvalue weighted by molar-refractivity contribution is 6.02. The maximum Gasteiger partial charge on any atom is 0.332 e. The van der Waals surface area contributed by atoms with E-state index in [0.717, 1.165) is 0 Å². The molecule has 18 nitrogen and oxygen atoms in total. The van der Waals surface area contributed by atoms with Gasteiger partial charge in [-0.3, -0.25) is 14.4 Å². The topological polar surface area (TPSA) is 255 Å². The van der Waals surface area contributed by atoms with Crippen LogP contribution in [0.2, 0.25) is 0 Å². The molecule has 1 fully saturated rings. The molecule has 1 saturated heterocycles. The van der Waals surface area contributed by atoms with Crippen LogP contribution in [0.3, 0.4) is 0 Å². The second-order valence-corrected chi connectivity index (χ2v) is 10.5. The van der Waals surface area contributed by atoms with E-state index < -0.39 is 90.8 Å². The molecule has 3 amide bonds. The average Bonchev–Trinajstić information content (AvgIpc) is 3.12. The number of hydrogen-bond donors (Lipinski definition) is 6. The van der Waals surface area contributed by atoms with Crippen LogP contribution in [0.4, 0.5) is 0 Å². The molecule has 3 aromatic carbocycles. The van der Waals surface area contributed by atoms with Crippen molar-refractivity contribution in [1.29, 1.82) is 0 Å². The maximum absolute atomic E-state index is 13.3. The van der Waals surface area contributed by atoms with Crippen molar-refractivity contribution in [3.8, 4) is 34.5 Å². The summed E-state index contributed by atoms with van der Waals surface area (Å²) in [6.07, 6.45) is 0. The average molecular weight is 712 g/mol. The third kappa shape index (κ3) is 8.66. The summed E-state index contributed by atoms with van der Waals surface area (Å²) in [6.45, 7) is -2.64. The van der Waals surface area contributed by atoms with E-state index in [0.29, 0.717) is 0 Å². The molecular formula is C33H33N3O15. The molecule has 1 aliphatic heterocycles. The van der Waals surface area contributed by atoms with Crippen LogP contribution in [0.15, 0.2) is 54.6 Å². The van der Waals surface area contributed by atoms with Gasteiger partial charge in [-0.05, 0) is 36.4 Å². The number of phenols is 3. The van der Waals surface area contributed by atoms with E-state index in [9.17, 15) is 44.1 Å². The van der Waals surface area contributed by atoms with Crippen molar-refractivity contribution in [2.75, 3.05) is 41.2 Å². The first-order chi connectivity index (χ1) is 24.4. The first-order valence-corrected chi connectivity index (χ1v) is 14.9. The van der Waals surface area contributed by atoms with Crippen LogP contribution in [-0.2, 0) is 28.6 Å². The lowest BCUT2D eigenvalue weighted by molar-refractivity contribution is -0.160. The Morgan fingerprint density at radius 2 is 0.784 bits per heavy atom. The molecule has 270 valence electrons. The van der Waals surface area contributed by atoms with Gasteiger partial charge in [-0.1, -0.05) is 18.2 Å². The van der Waals surface area contributed by atoms with E-state index in [1.807, 2.05) is 0 Å². The predicted octanol–water partition coefficient (Wildman–Crippen LogP) is 0.168. The van der Waals surface area contributed by atoms with Crippen molar-refractivity contribution in [1.82, 2.24) is 16.0 Å². The Kier molecular flexibility index (Phi) is 12.1. The number of carbonyl (C=O) groups is 6. The van der Waals surface area contributed by atoms with Crippen LogP contribution in [0.25, 0.3) is 0 Å². The Bertz CT molecular complexity index is 1620. The lowest BCUT2D eigenvalue weighted by Crippen LogP contribution is -2.52. The van der Waals surface area contributed by atoms with Gasteiger partial charge in [0.2, 0.25) is 0 Å². The smallest absolute Gasteiger partial charge is 0.332 e. The Hall–Kier alpha value is -6.72. The molecule has 0 spiro atoms. The fourth-order valence-electron chi connectivity index (χ4n) is 4.62. The lowest BCUT2D eigenvalue weighted by Gasteiger charge is -2.25. The number of esters is 3. The van der Waals surface area contributed by atoms with Gasteiger partial charge in [0, 0.05) is 0 Å². The minimum Gasteiger partial charge on any atom is -0.504 e. The number of rotatable bonds is 9. The van der Waals surface area contributed by atoms with Crippen LogP contribution in [-0.4, -0.2) is 110 Å². The number of methoxy groups -OCH3 is 3. The molecule has 0 aliphatic carbocycles. The van der Waals surface area contributed by atoms with Crippen molar-refractivity contribution in [3.63, 3.8) is 0 Å². The first kappa shape index (κ1) is 37.1. The lowest BCUT2D eigenvalue weighted by atomic mass is 10.1. The van der Waals surface area contributed by atoms with Crippen molar-refractivity contribution < 1.29 is 72.5 Å². The predicted molar refractivity (Wildman–Crippen MR) is 171 cm³/mol. The van der Waals surface area contributed by atoms with E-state index in [1.165, 1.54) is 75.9 Å². The molecule has 0 aromatic heterocycles. The highest BCUT2D eigenvalue weighted by Gasteiger charge is 2.35. The molecule has 3 atom stereocenters. The number of ether oxygens (including phenoxy) is 6. The molecule has 0 bridgehead atoms. The van der Waals surface area contributed by atoms with Crippen LogP contribution < -0.4 is 30.2 Å². The SMILES string of the molecule is COc1cccc(C(=O)N[C@H]2COC(=O)[C@@H](NC(=O)c3cccc(OC)c3O)COC(=O)[C@@H](NC(=O)c3cccc(OC)c3O)COC2=O)c1O. The number of aromatic hydroxyl groups is 3. The Labute approximate surface area is 289 Å². The van der Waals surface area contributed by atoms with Crippen molar-refractivity contribution in [3.05, 3.63) is 71.3 Å². The number of nitrogens with one attached hydrogen (secondary N) is 3. The van der Waals surface area contributed by atoms with Gasteiger partial charge in [0.15, 0.2) is 52.6 Å². The summed E-state index contributed by atoms with van der Waals surface area (Å²) in [5, 5.41) is 38.1. The van der Waals surface area contributed by atoms with Crippen LogP contribution >= 0.6 is 0 Å². The monoisotopic (exact) mass is 711 g/mol. The standard InChI is InChI=1S/C33H33N3O15/c1-46-22-10-4-7-16(25(22)37)28(40)34-19-13-49-32(44)21(36-30(42)18-9-6-12-24(48-3)27(18)39)15-51-33(45)20(14-50-31(19)43)35-29(41)17-8-5-11-23(47-2)26(17)38/h4-12,19-21,37-39H,13-15H2,1-3H3,(H,34,40)(H,35,41)(H,36,42)/t19-,20-,21-/m0/s1. The maximum atomic E-state index is 13.3. The van der Waals surface area contributed by atoms with E-state index in [-0.39, 0.29) is 33.9 Å². The molecule has 1 heterocycles. The quantitative estimate of drug-likeness (QED) is 0.128. The summed E-state index contributed by atoms with van der Waals surface area (Å²) >= 11 is 0. The number of hydrogen-bond acceptors (Lipinski definition) is 15. The highest BCUT2D eigenvalue weighted by atomic mass is 16.6. The molecule has 6 N–H and O–H groups in total. The molecule has 1 aliphatic rings. The molecule has 0 radical (unpaired) electrons. The first-order valence-electron chi connectivity index (χ1n) is 14.9. The Morgan fingerprint density at radius 3 is 1.02 bits per heavy atom. The van der Waals surface area contributed by atoms with E-state index >= 15 is 0 Å². The summed E-state index contributed by atoms with van der Waals surface area (Å²) in [4.78, 5) is 79.1. The van der Waals surface area contributed by atoms with Crippen molar-refractivity contribution >= 4 is 35.6 Å². The number of carbonyl (C=O) groups excluding carboxylic acids is 6. The van der Waals surface area contributed by atoms with Crippen LogP contribution in [0.5, 0.6) is 34.5 Å². The number of amides is 3. The van der Waals surface area contributed by atoms with Gasteiger partial charge in [0.25, 0.3) is 17.7 Å². The summed E-state index contributed by atoms with van der Waals surface area (Å²) in [7, 11) is 3.75. The number of benzene rings is 3. The van der Waals surface area contributed by atoms with Crippen LogP contribution in [0, 0.1) is 0 Å². The number of para-hydroxylation sites is 3. The summed E-state index contributed by atoms with van der Waals surface area (Å²) in [6, 6.07) is 6.64. The second-order valence-electron chi connectivity index (χ2n) is 10.5. The molecule has 4 rings (SSSR count). The van der Waals surface area contributed by atoms with E-state index in [1.54, 1.807) is 0 Å². The molecule has 51 heavy (non-hydrogen) atoms. The van der Waals surface area contributed by atoms with Gasteiger partial charge >= 0.3 is 17.9 Å². The van der Waals surface area contributed by atoms with Gasteiger partial charge in [0.1, 0.15) is 19.8 Å². The normalized spacial score (nSPS) is 17.9. The van der Waals surface area contributed by atoms with Gasteiger partial charge in [0.05, 0.1) is 38.0 Å². The number of phenolic OH excluding ortho intramolecular Hbond substituents is 3. The van der Waals surface area contributed by atoms with Gasteiger partial charge in [-0.15, -0.1) is 0 Å². The molecule has 0 saturated carbocycles. The zero-order chi connectivity index (χ0) is 37.2. The van der Waals surface area contributed by atoms with Gasteiger partial charge < -0.3 is 59.7 Å². The van der Waals surface area contributed by atoms with E-state index in [4.69, 9.17) is 28.4 Å². The highest BCUT2D eigenvalue weighted by Crippen LogP contribution is 2.31. The second kappa shape index (κ2) is 16.6. The fraction of sp³-hybridized carbons (Fsp3) is 0.273. The van der Waals surface area contributed by atoms with Crippen molar-refractivity contribution in [2.45, 2.75) is 18.1 Å². The number of cyclic esters (lactones) is 3. The molecule has 18 heteroatoms. The molecule has 0 unspecified atom stereocenters. The van der Waals surface area contributed by atoms with Crippen LogP contribution in [0.1, 0.15) is 31.1 Å². The largest absolute Gasteiger partial charge is 0.504 e. The van der Waals surface area contributed by atoms with Gasteiger partial charge in [-0.2, -0.15) is 0 Å². The van der Waals surface area contributed by atoms with Gasteiger partial charge in [-0.25, -0.2) is 14.4 Å². The Balaban J connectivity index is 1.64. The minimum atomic E-state index is -1.76. The minimum absolute atomic E-state index is 0.0600. The third-order valence-corrected chi connectivity index (χ3v) is 7.34. The summed E-state index contributed by atoms with van der Waals surface area (Å²) < 4.78 is 30.6. The molecule has 3 aromatic rings. The zero-order valence-corrected chi connectivity index (χ0v) is 27.3. The fourth-order valence-corrected chi connectivity index (χ4v) is 4.62. The zero-order valence-electron chi connectivity index (χ0n) is 27.3. The Morgan fingerprint density at radius 1 is 0.529 bits per heavy atom.